The summed E-state index contributed by atoms with van der Waals surface area (Å²) in [7, 11) is -13.9. The molecule has 0 aromatic carbocycles. The first-order chi connectivity index (χ1) is 15.5. The Morgan fingerprint density at radius 1 is 1.00 bits per heavy atom. The number of anilines is 1. The predicted molar refractivity (Wildman–Crippen MR) is 110 cm³/mol. The molecule has 204 valence electrons. The first kappa shape index (κ1) is 33.6. The van der Waals surface area contributed by atoms with Gasteiger partial charge in [-0.05, 0) is 19.1 Å². The van der Waals surface area contributed by atoms with Crippen molar-refractivity contribution in [1.29, 1.82) is 0 Å². The molecule has 1 fully saturated rings. The highest BCUT2D eigenvalue weighted by molar-refractivity contribution is 7.45. The molecule has 35 heavy (non-hydrogen) atoms. The number of aliphatic hydroxyl groups is 2. The molecule has 2 aromatic rings. The van der Waals surface area contributed by atoms with Gasteiger partial charge in [-0.1, -0.05) is 0 Å². The molecule has 3 heterocycles. The lowest BCUT2D eigenvalue weighted by molar-refractivity contribution is -0.0843. The molecule has 0 aliphatic carbocycles. The zero-order valence-electron chi connectivity index (χ0n) is 17.4. The molecule has 19 nitrogen and oxygen atoms in total. The molecular formula is C12H24FN4O15P3. The second kappa shape index (κ2) is 12.7. The summed E-state index contributed by atoms with van der Waals surface area (Å²) in [6.07, 6.45) is -2.17. The molecule has 0 amide bonds. The van der Waals surface area contributed by atoms with Gasteiger partial charge in [-0.25, -0.2) is 27.6 Å². The molecule has 0 saturated carbocycles. The highest BCUT2D eigenvalue weighted by Gasteiger charge is 2.52. The molecule has 0 unspecified atom stereocenters. The van der Waals surface area contributed by atoms with Crippen molar-refractivity contribution in [2.75, 3.05) is 12.4 Å². The molecule has 13 N–H and O–H groups in total. The van der Waals surface area contributed by atoms with Crippen molar-refractivity contribution in [2.45, 2.75) is 30.8 Å². The number of aliphatic hydroxyl groups excluding tert-OH is 2. The first-order valence-electron chi connectivity index (χ1n) is 8.51. The lowest BCUT2D eigenvalue weighted by atomic mass is 9.97. The normalized spacial score (nSPS) is 24.4. The summed E-state index contributed by atoms with van der Waals surface area (Å²) in [6, 6.07) is 3.34. The largest absolute Gasteiger partial charge is 0.466 e. The lowest BCUT2D eigenvalue weighted by Gasteiger charge is -2.23. The van der Waals surface area contributed by atoms with E-state index in [-0.39, 0.29) is 5.82 Å². The van der Waals surface area contributed by atoms with Crippen molar-refractivity contribution in [2.24, 2.45) is 0 Å². The molecule has 1 aliphatic heterocycles. The van der Waals surface area contributed by atoms with Crippen molar-refractivity contribution < 1.29 is 77.1 Å². The minimum Gasteiger partial charge on any atom is -0.387 e. The van der Waals surface area contributed by atoms with Gasteiger partial charge < -0.3 is 64.7 Å². The molecule has 4 atom stereocenters. The smallest absolute Gasteiger partial charge is 0.387 e. The SMILES string of the molecule is C[C@@]1(CF)O[C@@H](c2ccc3c(N)ncnn23)[C@H](O)[C@@H]1O.O=P(O)(O)O.O=P(O)(O)O.O=P(O)(O)O. The molecule has 0 radical (unpaired) electrons. The minimum atomic E-state index is -4.64. The van der Waals surface area contributed by atoms with Gasteiger partial charge >= 0.3 is 23.5 Å². The number of phosphoric acid groups is 3. The molecule has 0 spiro atoms. The zero-order chi connectivity index (χ0) is 28.0. The number of alkyl halides is 1. The van der Waals surface area contributed by atoms with Crippen molar-refractivity contribution in [1.82, 2.24) is 14.6 Å². The Bertz CT molecular complexity index is 1030. The van der Waals surface area contributed by atoms with E-state index >= 15 is 0 Å². The molecule has 2 aromatic heterocycles. The van der Waals surface area contributed by atoms with E-state index in [0.29, 0.717) is 11.2 Å². The Kier molecular flexibility index (Phi) is 12.2. The summed E-state index contributed by atoms with van der Waals surface area (Å²) in [4.78, 5) is 68.5. The van der Waals surface area contributed by atoms with Crippen LogP contribution in [0.5, 0.6) is 0 Å². The number of halogens is 1. The zero-order valence-corrected chi connectivity index (χ0v) is 20.0. The van der Waals surface area contributed by atoms with E-state index in [0.717, 1.165) is 0 Å². The summed E-state index contributed by atoms with van der Waals surface area (Å²) in [5, 5.41) is 24.1. The number of nitrogen functional groups attached to an aromatic ring is 1. The second-order valence-corrected chi connectivity index (χ2v) is 9.74. The van der Waals surface area contributed by atoms with Crippen LogP contribution in [0.4, 0.5) is 10.2 Å². The third-order valence-corrected chi connectivity index (χ3v) is 3.72. The topological polar surface area (TPSA) is 339 Å². The van der Waals surface area contributed by atoms with Crippen LogP contribution in [0.25, 0.3) is 5.52 Å². The van der Waals surface area contributed by atoms with E-state index in [2.05, 4.69) is 10.1 Å². The van der Waals surface area contributed by atoms with Gasteiger partial charge in [0.05, 0.1) is 5.69 Å². The summed E-state index contributed by atoms with van der Waals surface area (Å²) in [5.41, 5.74) is 5.33. The fourth-order valence-electron chi connectivity index (χ4n) is 2.49. The van der Waals surface area contributed by atoms with Gasteiger partial charge in [-0.15, -0.1) is 0 Å². The molecule has 1 saturated heterocycles. The van der Waals surface area contributed by atoms with Crippen LogP contribution in [0.3, 0.4) is 0 Å². The summed E-state index contributed by atoms with van der Waals surface area (Å²) < 4.78 is 46.7. The average Bonchev–Trinajstić information content (AvgIpc) is 3.14. The number of hydrogen-bond donors (Lipinski definition) is 12. The number of aromatic nitrogens is 3. The third kappa shape index (κ3) is 13.4. The number of hydrogen-bond acceptors (Lipinski definition) is 9. The van der Waals surface area contributed by atoms with Gasteiger partial charge in [-0.2, -0.15) is 5.10 Å². The van der Waals surface area contributed by atoms with Gasteiger partial charge in [0.1, 0.15) is 42.4 Å². The van der Waals surface area contributed by atoms with Crippen molar-refractivity contribution in [3.05, 3.63) is 24.2 Å². The van der Waals surface area contributed by atoms with Gasteiger partial charge in [0, 0.05) is 0 Å². The van der Waals surface area contributed by atoms with E-state index in [4.69, 9.17) is 68.2 Å². The van der Waals surface area contributed by atoms with E-state index in [1.54, 1.807) is 12.1 Å². The molecule has 0 bridgehead atoms. The van der Waals surface area contributed by atoms with Crippen LogP contribution in [0, 0.1) is 0 Å². The molecule has 3 rings (SSSR count). The maximum Gasteiger partial charge on any atom is 0.466 e. The fourth-order valence-corrected chi connectivity index (χ4v) is 2.49. The third-order valence-electron chi connectivity index (χ3n) is 3.72. The first-order valence-corrected chi connectivity index (χ1v) is 13.2. The van der Waals surface area contributed by atoms with Gasteiger partial charge in [0.2, 0.25) is 0 Å². The van der Waals surface area contributed by atoms with Crippen LogP contribution in [0.2, 0.25) is 0 Å². The fraction of sp³-hybridized carbons (Fsp3) is 0.500. The van der Waals surface area contributed by atoms with Crippen molar-refractivity contribution in [3.63, 3.8) is 0 Å². The minimum absolute atomic E-state index is 0.285. The predicted octanol–water partition coefficient (Wildman–Crippen LogP) is -2.95. The van der Waals surface area contributed by atoms with Crippen molar-refractivity contribution >= 4 is 34.8 Å². The van der Waals surface area contributed by atoms with Crippen LogP contribution < -0.4 is 5.73 Å². The Morgan fingerprint density at radius 3 is 1.80 bits per heavy atom. The maximum absolute atomic E-state index is 13.1. The summed E-state index contributed by atoms with van der Waals surface area (Å²) >= 11 is 0. The van der Waals surface area contributed by atoms with Crippen LogP contribution in [-0.2, 0) is 18.4 Å². The Hall–Kier alpha value is -1.44. The van der Waals surface area contributed by atoms with E-state index in [1.807, 2.05) is 0 Å². The molecule has 1 aliphatic rings. The highest BCUT2D eigenvalue weighted by atomic mass is 31.2. The van der Waals surface area contributed by atoms with Gasteiger partial charge in [0.15, 0.2) is 5.82 Å². The van der Waals surface area contributed by atoms with Crippen LogP contribution >= 0.6 is 23.5 Å². The summed E-state index contributed by atoms with van der Waals surface area (Å²) in [6.45, 7) is 0.516. The van der Waals surface area contributed by atoms with E-state index in [1.165, 1.54) is 17.8 Å². The number of fused-ring (bicyclic) bond motifs is 1. The standard InChI is InChI=1S/C12H15FN4O3.3H3O4P/c1-12(4-13)10(19)8(18)9(20-12)6-2-3-7-11(14)15-5-16-17(6)7;3*1-5(2,3)4/h2-3,5,8-10,18-19H,4H2,1H3,(H2,14,15,16);3*(H3,1,2,3,4)/t8-,9-,10-,12-;;;/m0.../s1. The van der Waals surface area contributed by atoms with Crippen LogP contribution in [0.1, 0.15) is 18.7 Å². The number of ether oxygens (including phenoxy) is 1. The maximum atomic E-state index is 13.1. The Labute approximate surface area is 194 Å². The van der Waals surface area contributed by atoms with E-state index in [9.17, 15) is 14.6 Å². The Morgan fingerprint density at radius 2 is 1.43 bits per heavy atom. The van der Waals surface area contributed by atoms with Gasteiger partial charge in [0.25, 0.3) is 0 Å². The quantitative estimate of drug-likeness (QED) is 0.159. The van der Waals surface area contributed by atoms with Crippen LogP contribution in [-0.4, -0.2) is 93.3 Å². The van der Waals surface area contributed by atoms with E-state index < -0.39 is 54.1 Å². The average molecular weight is 576 g/mol. The highest BCUT2D eigenvalue weighted by Crippen LogP contribution is 2.40. The number of rotatable bonds is 2. The molecule has 23 heteroatoms. The van der Waals surface area contributed by atoms with Crippen LogP contribution in [0.15, 0.2) is 18.5 Å². The summed E-state index contributed by atoms with van der Waals surface area (Å²) in [5.74, 6) is 0.285. The molecular weight excluding hydrogens is 552 g/mol. The second-order valence-electron chi connectivity index (χ2n) is 6.66. The number of nitrogens with two attached hydrogens (primary N) is 1. The Balaban J connectivity index is 0.000000635. The monoisotopic (exact) mass is 576 g/mol. The number of nitrogens with zero attached hydrogens (tertiary/aromatic N) is 3. The lowest BCUT2D eigenvalue weighted by Crippen LogP contribution is -2.42. The van der Waals surface area contributed by atoms with Crippen molar-refractivity contribution in [3.8, 4) is 0 Å². The van der Waals surface area contributed by atoms with Gasteiger partial charge in [-0.3, -0.25) is 0 Å².